The van der Waals surface area contributed by atoms with Crippen LogP contribution in [0.15, 0.2) is 0 Å². The van der Waals surface area contributed by atoms with Crippen LogP contribution in [0.4, 0.5) is 0 Å². The number of ether oxygens (including phenoxy) is 1. The molecular weight excluding hydrogens is 597 g/mol. The fourth-order valence-corrected chi connectivity index (χ4v) is 7.49. The molecule has 2 nitrogen and oxygen atoms in total. The van der Waals surface area contributed by atoms with Crippen LogP contribution in [0, 0.1) is 0 Å². The monoisotopic (exact) mass is 691 g/mol. The molecule has 0 aromatic rings. The molecule has 0 heterocycles. The fraction of sp³-hybridized carbons (Fsp3) is 0.979. The molecule has 0 rings (SSSR count). The smallest absolute Gasteiger partial charge is 0.305 e. The summed E-state index contributed by atoms with van der Waals surface area (Å²) in [5.41, 5.74) is 0. The Labute approximate surface area is 311 Å². The minimum atomic E-state index is 0.0308. The third-order valence-corrected chi connectivity index (χ3v) is 11.0. The lowest BCUT2D eigenvalue weighted by Gasteiger charge is -2.06. The molecule has 0 aliphatic rings. The van der Waals surface area contributed by atoms with Crippen LogP contribution >= 0.6 is 0 Å². The van der Waals surface area contributed by atoms with Gasteiger partial charge in [-0.2, -0.15) is 0 Å². The highest BCUT2D eigenvalue weighted by Crippen LogP contribution is 2.17. The van der Waals surface area contributed by atoms with Gasteiger partial charge in [-0.1, -0.05) is 271 Å². The van der Waals surface area contributed by atoms with Gasteiger partial charge in [0.25, 0.3) is 0 Å². The van der Waals surface area contributed by atoms with Gasteiger partial charge in [0.15, 0.2) is 0 Å². The van der Waals surface area contributed by atoms with Crippen molar-refractivity contribution in [3.05, 3.63) is 0 Å². The first-order valence-corrected chi connectivity index (χ1v) is 23.5. The second-order valence-corrected chi connectivity index (χ2v) is 16.1. The summed E-state index contributed by atoms with van der Waals surface area (Å²) < 4.78 is 5.46. The summed E-state index contributed by atoms with van der Waals surface area (Å²) in [6, 6.07) is 0. The van der Waals surface area contributed by atoms with E-state index in [1.165, 1.54) is 257 Å². The number of carbonyl (C=O) groups excluding carboxylic acids is 1. The van der Waals surface area contributed by atoms with Crippen molar-refractivity contribution in [3.8, 4) is 0 Å². The Hall–Kier alpha value is -0.530. The van der Waals surface area contributed by atoms with Crippen molar-refractivity contribution < 1.29 is 9.53 Å². The number of rotatable bonds is 44. The molecule has 0 aromatic carbocycles. The Balaban J connectivity index is 3.12. The molecule has 0 radical (unpaired) electrons. The summed E-state index contributed by atoms with van der Waals surface area (Å²) in [6.07, 6.45) is 59.5. The number of unbranched alkanes of at least 4 members (excludes halogenated alkanes) is 40. The van der Waals surface area contributed by atoms with Crippen LogP contribution in [0.25, 0.3) is 0 Å². The first-order valence-electron chi connectivity index (χ1n) is 23.5. The lowest BCUT2D eigenvalue weighted by Crippen LogP contribution is -2.05. The maximum absolute atomic E-state index is 12.0. The second kappa shape index (κ2) is 45.5. The average Bonchev–Trinajstić information content (AvgIpc) is 3.11. The SMILES string of the molecule is CCCCCCCCCCCCCCCCCCCCCCCCCCCCCCCCC(=O)OCCCCCCCCCCCCCC. The quantitative estimate of drug-likeness (QED) is 0.0470. The minimum absolute atomic E-state index is 0.0308. The van der Waals surface area contributed by atoms with Crippen molar-refractivity contribution in [3.63, 3.8) is 0 Å². The van der Waals surface area contributed by atoms with Crippen molar-refractivity contribution in [2.24, 2.45) is 0 Å². The molecule has 0 N–H and O–H groups in total. The minimum Gasteiger partial charge on any atom is -0.466 e. The van der Waals surface area contributed by atoms with Gasteiger partial charge in [0, 0.05) is 6.42 Å². The van der Waals surface area contributed by atoms with Gasteiger partial charge in [-0.05, 0) is 12.8 Å². The van der Waals surface area contributed by atoms with Crippen molar-refractivity contribution >= 4 is 5.97 Å². The number of hydrogen-bond acceptors (Lipinski definition) is 2. The molecule has 0 unspecified atom stereocenters. The first kappa shape index (κ1) is 48.5. The van der Waals surface area contributed by atoms with E-state index in [2.05, 4.69) is 13.8 Å². The highest BCUT2D eigenvalue weighted by atomic mass is 16.5. The maximum Gasteiger partial charge on any atom is 0.305 e. The van der Waals surface area contributed by atoms with Crippen molar-refractivity contribution in [1.29, 1.82) is 0 Å². The predicted octanol–water partition coefficient (Wildman–Crippen LogP) is 17.3. The average molecular weight is 691 g/mol. The Morgan fingerprint density at radius 3 is 0.673 bits per heavy atom. The summed E-state index contributed by atoms with van der Waals surface area (Å²) in [4.78, 5) is 12.0. The van der Waals surface area contributed by atoms with Crippen molar-refractivity contribution in [1.82, 2.24) is 0 Å². The zero-order chi connectivity index (χ0) is 35.4. The molecule has 49 heavy (non-hydrogen) atoms. The van der Waals surface area contributed by atoms with Gasteiger partial charge in [-0.25, -0.2) is 0 Å². The van der Waals surface area contributed by atoms with E-state index in [0.29, 0.717) is 13.0 Å². The Morgan fingerprint density at radius 2 is 0.449 bits per heavy atom. The lowest BCUT2D eigenvalue weighted by molar-refractivity contribution is -0.143. The van der Waals surface area contributed by atoms with Gasteiger partial charge in [0.05, 0.1) is 6.61 Å². The number of hydrogen-bond donors (Lipinski definition) is 0. The van der Waals surface area contributed by atoms with Crippen LogP contribution in [0.3, 0.4) is 0 Å². The van der Waals surface area contributed by atoms with E-state index in [1.807, 2.05) is 0 Å². The van der Waals surface area contributed by atoms with Crippen LogP contribution in [0.2, 0.25) is 0 Å². The summed E-state index contributed by atoms with van der Waals surface area (Å²) >= 11 is 0. The lowest BCUT2D eigenvalue weighted by atomic mass is 10.0. The molecule has 0 saturated heterocycles. The molecule has 0 bridgehead atoms. The van der Waals surface area contributed by atoms with E-state index in [9.17, 15) is 4.79 Å². The van der Waals surface area contributed by atoms with Gasteiger partial charge in [0.1, 0.15) is 0 Å². The van der Waals surface area contributed by atoms with Crippen LogP contribution in [-0.4, -0.2) is 12.6 Å². The fourth-order valence-electron chi connectivity index (χ4n) is 7.49. The standard InChI is InChI=1S/C47H94O2/c1-3-5-7-9-11-13-15-17-18-19-20-21-22-23-24-25-26-27-28-29-30-31-32-33-34-35-37-39-41-43-45-47(48)49-46-44-42-40-38-36-16-14-12-10-8-6-4-2/h3-46H2,1-2H3. The molecular formula is C47H94O2. The Bertz CT molecular complexity index is 587. The highest BCUT2D eigenvalue weighted by molar-refractivity contribution is 5.69. The van der Waals surface area contributed by atoms with Crippen LogP contribution in [-0.2, 0) is 9.53 Å². The van der Waals surface area contributed by atoms with Crippen LogP contribution in [0.1, 0.15) is 290 Å². The van der Waals surface area contributed by atoms with Gasteiger partial charge in [-0.3, -0.25) is 4.79 Å². The van der Waals surface area contributed by atoms with Gasteiger partial charge in [0.2, 0.25) is 0 Å². The Morgan fingerprint density at radius 1 is 0.265 bits per heavy atom. The normalized spacial score (nSPS) is 11.5. The summed E-state index contributed by atoms with van der Waals surface area (Å²) in [5, 5.41) is 0. The zero-order valence-electron chi connectivity index (χ0n) is 34.4. The number of carbonyl (C=O) groups is 1. The molecule has 0 fully saturated rings. The second-order valence-electron chi connectivity index (χ2n) is 16.1. The highest BCUT2D eigenvalue weighted by Gasteiger charge is 2.03. The first-order chi connectivity index (χ1) is 24.3. The summed E-state index contributed by atoms with van der Waals surface area (Å²) in [5.74, 6) is 0.0308. The summed E-state index contributed by atoms with van der Waals surface area (Å²) in [6.45, 7) is 5.23. The largest absolute Gasteiger partial charge is 0.466 e. The van der Waals surface area contributed by atoms with E-state index in [4.69, 9.17) is 4.74 Å². The van der Waals surface area contributed by atoms with Crippen LogP contribution in [0.5, 0.6) is 0 Å². The van der Waals surface area contributed by atoms with Crippen molar-refractivity contribution in [2.45, 2.75) is 290 Å². The summed E-state index contributed by atoms with van der Waals surface area (Å²) in [7, 11) is 0. The molecule has 0 aliphatic carbocycles. The van der Waals surface area contributed by atoms with E-state index in [-0.39, 0.29) is 5.97 Å². The topological polar surface area (TPSA) is 26.3 Å². The van der Waals surface area contributed by atoms with Crippen LogP contribution < -0.4 is 0 Å². The third kappa shape index (κ3) is 45.4. The molecule has 0 spiro atoms. The predicted molar refractivity (Wildman–Crippen MR) is 221 cm³/mol. The van der Waals surface area contributed by atoms with Gasteiger partial charge < -0.3 is 4.74 Å². The van der Waals surface area contributed by atoms with E-state index in [0.717, 1.165) is 12.8 Å². The molecule has 294 valence electrons. The molecule has 0 aliphatic heterocycles. The molecule has 0 amide bonds. The molecule has 0 atom stereocenters. The van der Waals surface area contributed by atoms with Gasteiger partial charge >= 0.3 is 5.97 Å². The third-order valence-electron chi connectivity index (χ3n) is 11.0. The molecule has 0 aromatic heterocycles. The van der Waals surface area contributed by atoms with Gasteiger partial charge in [-0.15, -0.1) is 0 Å². The van der Waals surface area contributed by atoms with E-state index in [1.54, 1.807) is 0 Å². The number of esters is 1. The molecule has 2 heteroatoms. The molecule has 0 saturated carbocycles. The van der Waals surface area contributed by atoms with Crippen molar-refractivity contribution in [2.75, 3.05) is 6.61 Å². The zero-order valence-corrected chi connectivity index (χ0v) is 34.4. The van der Waals surface area contributed by atoms with E-state index >= 15 is 0 Å². The Kier molecular flexibility index (Phi) is 45.0. The maximum atomic E-state index is 12.0. The van der Waals surface area contributed by atoms with E-state index < -0.39 is 0 Å².